The molecule has 2 bridgehead atoms. The molecule has 3 unspecified atom stereocenters. The van der Waals surface area contributed by atoms with Crippen molar-refractivity contribution in [1.29, 1.82) is 0 Å². The van der Waals surface area contributed by atoms with Gasteiger partial charge in [0.05, 0.1) is 36.7 Å². The summed E-state index contributed by atoms with van der Waals surface area (Å²) in [6.45, 7) is 20.5. The predicted molar refractivity (Wildman–Crippen MR) is 267 cm³/mol. The van der Waals surface area contributed by atoms with E-state index < -0.39 is 8.07 Å². The van der Waals surface area contributed by atoms with Gasteiger partial charge >= 0.3 is 0 Å². The van der Waals surface area contributed by atoms with E-state index in [2.05, 4.69) is 142 Å². The van der Waals surface area contributed by atoms with Crippen LogP contribution in [0.2, 0.25) is 19.6 Å². The van der Waals surface area contributed by atoms with Crippen molar-refractivity contribution in [3.8, 4) is 28.3 Å². The fourth-order valence-electron chi connectivity index (χ4n) is 11.1. The molecule has 0 amide bonds. The number of pyridine rings is 3. The molecule has 8 heteroatoms. The number of furan rings is 1. The van der Waals surface area contributed by atoms with Gasteiger partial charge in [0.15, 0.2) is 0 Å². The number of hydrogen-bond acceptors (Lipinski definition) is 5. The molecule has 65 heavy (non-hydrogen) atoms. The van der Waals surface area contributed by atoms with Crippen LogP contribution in [0.15, 0.2) is 108 Å². The fraction of sp³-hybridized carbons (Fsp3) is 0.333. The third-order valence-corrected chi connectivity index (χ3v) is 16.2. The Labute approximate surface area is 398 Å². The summed E-state index contributed by atoms with van der Waals surface area (Å²) < 4.78 is 8.90. The van der Waals surface area contributed by atoms with Gasteiger partial charge in [-0.3, -0.25) is 15.0 Å². The molecule has 0 saturated heterocycles. The predicted octanol–water partition coefficient (Wildman–Crippen LogP) is 14.3. The molecule has 1 radical (unpaired) electrons. The summed E-state index contributed by atoms with van der Waals surface area (Å²) in [6.07, 6.45) is 15.0. The number of fused-ring (bicyclic) bond motifs is 7. The third kappa shape index (κ3) is 8.32. The van der Waals surface area contributed by atoms with Crippen LogP contribution in [0.4, 0.5) is 0 Å². The van der Waals surface area contributed by atoms with Crippen LogP contribution < -0.4 is 5.19 Å². The SMILES string of the molecule is C[Si](C)(C)c1cnc(-c2[c-]cccc2)cc1CC1CC2CCC1C2.Cc1cc2oc3c(-c4nc5cnccc5n4-c4c(C(C)C)cc5ccccc5c4C(C)C)[c-]cc(C)c3c2cn1.[Ir]. The summed E-state index contributed by atoms with van der Waals surface area (Å²) in [5, 5.41) is 6.15. The van der Waals surface area contributed by atoms with Gasteiger partial charge in [0.25, 0.3) is 0 Å². The Morgan fingerprint density at radius 2 is 1.66 bits per heavy atom. The normalized spacial score (nSPS) is 17.1. The van der Waals surface area contributed by atoms with Crippen LogP contribution in [0.3, 0.4) is 0 Å². The molecule has 5 aromatic heterocycles. The maximum absolute atomic E-state index is 6.57. The first-order chi connectivity index (χ1) is 30.8. The third-order valence-electron chi connectivity index (χ3n) is 14.1. The second-order valence-electron chi connectivity index (χ2n) is 20.3. The van der Waals surface area contributed by atoms with Crippen molar-refractivity contribution in [1.82, 2.24) is 24.5 Å². The molecule has 5 heterocycles. The van der Waals surface area contributed by atoms with Gasteiger partial charge in [-0.2, -0.15) is 0 Å². The minimum Gasteiger partial charge on any atom is -0.500 e. The molecule has 6 nitrogen and oxygen atoms in total. The zero-order valence-corrected chi connectivity index (χ0v) is 42.6. The van der Waals surface area contributed by atoms with Crippen molar-refractivity contribution < 1.29 is 24.5 Å². The number of nitrogens with zero attached hydrogens (tertiary/aromatic N) is 5. The van der Waals surface area contributed by atoms with Gasteiger partial charge in [-0.15, -0.1) is 53.6 Å². The van der Waals surface area contributed by atoms with Gasteiger partial charge in [-0.05, 0) is 107 Å². The van der Waals surface area contributed by atoms with Crippen molar-refractivity contribution in [2.45, 2.75) is 105 Å². The summed E-state index contributed by atoms with van der Waals surface area (Å²) in [7, 11) is -1.37. The van der Waals surface area contributed by atoms with E-state index in [0.29, 0.717) is 5.92 Å². The number of imidazole rings is 1. The number of hydrogen-bond donors (Lipinski definition) is 0. The fourth-order valence-corrected chi connectivity index (χ4v) is 12.7. The summed E-state index contributed by atoms with van der Waals surface area (Å²) >= 11 is 0. The molecule has 11 rings (SSSR count). The average Bonchev–Trinajstić information content (AvgIpc) is 4.08. The second kappa shape index (κ2) is 17.8. The van der Waals surface area contributed by atoms with Crippen molar-refractivity contribution in [2.24, 2.45) is 17.8 Å². The van der Waals surface area contributed by atoms with E-state index in [9.17, 15) is 0 Å². The molecule has 9 aromatic rings. The summed E-state index contributed by atoms with van der Waals surface area (Å²) in [4.78, 5) is 19.0. The number of aryl methyl sites for hydroxylation is 2. The van der Waals surface area contributed by atoms with Gasteiger partial charge in [-0.1, -0.05) is 108 Å². The average molecular weight is 1050 g/mol. The molecular weight excluding hydrogens is 991 g/mol. The molecule has 3 atom stereocenters. The number of aromatic nitrogens is 5. The van der Waals surface area contributed by atoms with Crippen LogP contribution in [0.5, 0.6) is 0 Å². The van der Waals surface area contributed by atoms with Crippen molar-refractivity contribution in [3.63, 3.8) is 0 Å². The van der Waals surface area contributed by atoms with Crippen molar-refractivity contribution in [3.05, 3.63) is 144 Å². The van der Waals surface area contributed by atoms with E-state index in [1.807, 2.05) is 49.8 Å². The summed E-state index contributed by atoms with van der Waals surface area (Å²) in [6, 6.07) is 34.7. The van der Waals surface area contributed by atoms with E-state index in [-0.39, 0.29) is 26.0 Å². The van der Waals surface area contributed by atoms with E-state index in [1.54, 1.807) is 10.8 Å². The molecule has 0 aliphatic heterocycles. The maximum atomic E-state index is 6.57. The minimum absolute atomic E-state index is 0. The van der Waals surface area contributed by atoms with Gasteiger partial charge < -0.3 is 14.0 Å². The van der Waals surface area contributed by atoms with Crippen molar-refractivity contribution in [2.75, 3.05) is 0 Å². The maximum Gasteiger partial charge on any atom is 0.124 e. The quantitative estimate of drug-likeness (QED) is 0.112. The molecule has 333 valence electrons. The first kappa shape index (κ1) is 44.9. The zero-order chi connectivity index (χ0) is 44.4. The van der Waals surface area contributed by atoms with E-state index in [4.69, 9.17) is 14.4 Å². The molecule has 2 saturated carbocycles. The molecule has 2 aliphatic rings. The summed E-state index contributed by atoms with van der Waals surface area (Å²) in [5.41, 5.74) is 13.9. The van der Waals surface area contributed by atoms with Gasteiger partial charge in [0, 0.05) is 61.5 Å². The van der Waals surface area contributed by atoms with E-state index in [0.717, 1.165) is 84.6 Å². The Kier molecular flexibility index (Phi) is 12.3. The first-order valence-corrected chi connectivity index (χ1v) is 26.9. The van der Waals surface area contributed by atoms with Crippen molar-refractivity contribution >= 4 is 57.0 Å². The van der Waals surface area contributed by atoms with Crippen LogP contribution in [0.1, 0.15) is 93.2 Å². The zero-order valence-electron chi connectivity index (χ0n) is 39.2. The number of rotatable bonds is 8. The number of benzene rings is 4. The first-order valence-electron chi connectivity index (χ1n) is 23.4. The largest absolute Gasteiger partial charge is 0.500 e. The van der Waals surface area contributed by atoms with E-state index >= 15 is 0 Å². The standard InChI is InChI=1S/C35H31N4O.C22H28NSi.Ir/c1-19(2)26-16-23-9-7-8-10-24(23)31(20(3)4)33(26)39-29-13-14-36-18-28(29)38-35(39)25-12-11-21(5)32-27-17-37-22(6)15-30(27)40-34(25)32;1-24(2,3)22-15-23-21(17-7-5-4-6-8-17)14-20(22)13-19-12-16-9-10-18(19)11-16;/h7-11,13-20H,1-6H3;4-7,14-16,18-19H,9-13H2,1-3H3;/q2*-1;. The van der Waals surface area contributed by atoms with E-state index in [1.165, 1.54) is 59.7 Å². The van der Waals surface area contributed by atoms with Crippen LogP contribution in [-0.2, 0) is 26.5 Å². The monoisotopic (exact) mass is 1050 g/mol. The Morgan fingerprint density at radius 1 is 0.846 bits per heavy atom. The Morgan fingerprint density at radius 3 is 2.38 bits per heavy atom. The molecular formula is C57H59IrN5OSi-2. The van der Waals surface area contributed by atoms with Gasteiger partial charge in [0.1, 0.15) is 5.58 Å². The second-order valence-corrected chi connectivity index (χ2v) is 25.3. The Hall–Kier alpha value is -5.27. The molecule has 2 fully saturated rings. The minimum atomic E-state index is -1.37. The van der Waals surface area contributed by atoms with Gasteiger partial charge in [0.2, 0.25) is 0 Å². The molecule has 0 N–H and O–H groups in total. The van der Waals surface area contributed by atoms with Crippen LogP contribution >= 0.6 is 0 Å². The van der Waals surface area contributed by atoms with Gasteiger partial charge in [-0.25, -0.2) is 0 Å². The Balaban J connectivity index is 0.000000182. The van der Waals surface area contributed by atoms with Crippen LogP contribution in [0, 0.1) is 43.7 Å². The summed E-state index contributed by atoms with van der Waals surface area (Å²) in [5.74, 6) is 4.31. The topological polar surface area (TPSA) is 69.6 Å². The smallest absolute Gasteiger partial charge is 0.124 e. The van der Waals surface area contributed by atoms with Crippen LogP contribution in [0.25, 0.3) is 72.1 Å². The molecule has 2 aliphatic carbocycles. The molecule has 0 spiro atoms. The van der Waals surface area contributed by atoms with Crippen LogP contribution in [-0.4, -0.2) is 32.6 Å². The molecule has 4 aromatic carbocycles. The Bertz CT molecular complexity index is 3200.